The van der Waals surface area contributed by atoms with Crippen molar-refractivity contribution in [1.29, 1.82) is 0 Å². The molecule has 0 unspecified atom stereocenters. The van der Waals surface area contributed by atoms with Crippen molar-refractivity contribution in [3.8, 4) is 0 Å². The summed E-state index contributed by atoms with van der Waals surface area (Å²) in [6.45, 7) is 3.70. The molecule has 0 spiro atoms. The van der Waals surface area contributed by atoms with Crippen molar-refractivity contribution in [2.45, 2.75) is 18.7 Å². The minimum atomic E-state index is -3.22. The van der Waals surface area contributed by atoms with Gasteiger partial charge in [-0.25, -0.2) is 8.42 Å². The van der Waals surface area contributed by atoms with Crippen LogP contribution >= 0.6 is 0 Å². The number of hydrogen-bond acceptors (Lipinski definition) is 3. The summed E-state index contributed by atoms with van der Waals surface area (Å²) in [6, 6.07) is 5.59. The topological polar surface area (TPSA) is 47.0 Å². The highest BCUT2D eigenvalue weighted by molar-refractivity contribution is 7.91. The monoisotopic (exact) mass is 235 g/mol. The van der Waals surface area contributed by atoms with Crippen molar-refractivity contribution in [2.24, 2.45) is 0 Å². The summed E-state index contributed by atoms with van der Waals surface area (Å²) in [5, 5.41) is 0.711. The zero-order valence-electron chi connectivity index (χ0n) is 9.48. The van der Waals surface area contributed by atoms with E-state index in [1.165, 1.54) is 6.26 Å². The fourth-order valence-electron chi connectivity index (χ4n) is 1.94. The Hall–Kier alpha value is -1.42. The van der Waals surface area contributed by atoms with E-state index in [0.717, 1.165) is 11.1 Å². The average Bonchev–Trinajstić information content (AvgIpc) is 2.15. The summed E-state index contributed by atoms with van der Waals surface area (Å²) in [6.07, 6.45) is 2.85. The van der Waals surface area contributed by atoms with Crippen LogP contribution in [0.4, 0.5) is 0 Å². The second-order valence-electron chi connectivity index (χ2n) is 4.01. The number of hydrogen-bond donors (Lipinski definition) is 0. The molecular formula is C12H13NO2S. The first-order chi connectivity index (χ1) is 7.41. The Bertz CT molecular complexity index is 660. The summed E-state index contributed by atoms with van der Waals surface area (Å²) in [5.74, 6) is 0. The van der Waals surface area contributed by atoms with E-state index < -0.39 is 9.84 Å². The van der Waals surface area contributed by atoms with Crippen LogP contribution in [0.1, 0.15) is 11.1 Å². The van der Waals surface area contributed by atoms with E-state index in [1.807, 2.05) is 19.1 Å². The second kappa shape index (κ2) is 3.56. The normalized spacial score (nSPS) is 11.9. The van der Waals surface area contributed by atoms with Crippen molar-refractivity contribution >= 4 is 20.7 Å². The highest BCUT2D eigenvalue weighted by Gasteiger charge is 2.16. The SMILES string of the molecule is Cc1cnc2c(C)cccc2c1S(C)(=O)=O. The third-order valence-corrected chi connectivity index (χ3v) is 3.88. The molecule has 0 atom stereocenters. The van der Waals surface area contributed by atoms with Gasteiger partial charge in [0.15, 0.2) is 9.84 Å². The van der Waals surface area contributed by atoms with E-state index in [4.69, 9.17) is 0 Å². The molecule has 4 heteroatoms. The molecule has 16 heavy (non-hydrogen) atoms. The maximum Gasteiger partial charge on any atom is 0.176 e. The number of nitrogens with zero attached hydrogens (tertiary/aromatic N) is 1. The van der Waals surface area contributed by atoms with Gasteiger partial charge in [0.05, 0.1) is 10.4 Å². The largest absolute Gasteiger partial charge is 0.256 e. The van der Waals surface area contributed by atoms with Gasteiger partial charge in [0, 0.05) is 17.8 Å². The number of para-hydroxylation sites is 1. The van der Waals surface area contributed by atoms with Gasteiger partial charge < -0.3 is 0 Å². The van der Waals surface area contributed by atoms with E-state index in [9.17, 15) is 8.42 Å². The van der Waals surface area contributed by atoms with E-state index in [0.29, 0.717) is 15.8 Å². The Morgan fingerprint density at radius 2 is 1.81 bits per heavy atom. The fraction of sp³-hybridized carbons (Fsp3) is 0.250. The van der Waals surface area contributed by atoms with Crippen LogP contribution in [0, 0.1) is 13.8 Å². The Balaban J connectivity index is 3.03. The first-order valence-corrected chi connectivity index (χ1v) is 6.85. The quantitative estimate of drug-likeness (QED) is 0.761. The molecule has 0 radical (unpaired) electrons. The predicted octanol–water partition coefficient (Wildman–Crippen LogP) is 2.26. The molecule has 1 aromatic heterocycles. The maximum atomic E-state index is 11.8. The van der Waals surface area contributed by atoms with Gasteiger partial charge in [-0.1, -0.05) is 18.2 Å². The van der Waals surface area contributed by atoms with Crippen LogP contribution in [0.15, 0.2) is 29.3 Å². The van der Waals surface area contributed by atoms with Crippen LogP contribution in [-0.4, -0.2) is 19.7 Å². The standard InChI is InChI=1S/C12H13NO2S/c1-8-5-4-6-10-11(8)13-7-9(2)12(10)16(3,14)15/h4-7H,1-3H3. The Labute approximate surface area is 95.1 Å². The highest BCUT2D eigenvalue weighted by Crippen LogP contribution is 2.26. The first-order valence-electron chi connectivity index (χ1n) is 4.96. The zero-order valence-corrected chi connectivity index (χ0v) is 10.3. The van der Waals surface area contributed by atoms with E-state index in [-0.39, 0.29) is 0 Å². The van der Waals surface area contributed by atoms with Crippen LogP contribution in [0.3, 0.4) is 0 Å². The molecule has 1 aromatic carbocycles. The summed E-state index contributed by atoms with van der Waals surface area (Å²) in [4.78, 5) is 4.68. The lowest BCUT2D eigenvalue weighted by atomic mass is 10.1. The molecule has 1 heterocycles. The van der Waals surface area contributed by atoms with Crippen LogP contribution in [0.2, 0.25) is 0 Å². The zero-order chi connectivity index (χ0) is 11.9. The molecule has 0 saturated carbocycles. The lowest BCUT2D eigenvalue weighted by Crippen LogP contribution is -2.02. The summed E-state index contributed by atoms with van der Waals surface area (Å²) < 4.78 is 23.5. The third-order valence-electron chi connectivity index (χ3n) is 2.60. The number of aromatic nitrogens is 1. The number of rotatable bonds is 1. The number of sulfone groups is 1. The van der Waals surface area contributed by atoms with Gasteiger partial charge in [-0.15, -0.1) is 0 Å². The molecule has 0 bridgehead atoms. The molecule has 2 rings (SSSR count). The van der Waals surface area contributed by atoms with Crippen molar-refractivity contribution in [3.05, 3.63) is 35.5 Å². The highest BCUT2D eigenvalue weighted by atomic mass is 32.2. The predicted molar refractivity (Wildman–Crippen MR) is 64.3 cm³/mol. The molecule has 0 aliphatic rings. The van der Waals surface area contributed by atoms with Crippen molar-refractivity contribution in [2.75, 3.05) is 6.26 Å². The number of pyridine rings is 1. The number of benzene rings is 1. The molecule has 2 aromatic rings. The minimum Gasteiger partial charge on any atom is -0.256 e. The van der Waals surface area contributed by atoms with Gasteiger partial charge in [0.25, 0.3) is 0 Å². The van der Waals surface area contributed by atoms with Crippen LogP contribution in [-0.2, 0) is 9.84 Å². The van der Waals surface area contributed by atoms with Gasteiger partial charge in [-0.3, -0.25) is 4.98 Å². The van der Waals surface area contributed by atoms with Crippen LogP contribution in [0.5, 0.6) is 0 Å². The molecule has 0 fully saturated rings. The molecule has 0 aliphatic heterocycles. The average molecular weight is 235 g/mol. The summed E-state index contributed by atoms with van der Waals surface area (Å²) >= 11 is 0. The molecule has 84 valence electrons. The van der Waals surface area contributed by atoms with Crippen LogP contribution in [0.25, 0.3) is 10.9 Å². The van der Waals surface area contributed by atoms with Gasteiger partial charge in [-0.05, 0) is 25.0 Å². The smallest absolute Gasteiger partial charge is 0.176 e. The van der Waals surface area contributed by atoms with E-state index in [2.05, 4.69) is 4.98 Å². The van der Waals surface area contributed by atoms with Gasteiger partial charge in [0.2, 0.25) is 0 Å². The summed E-state index contributed by atoms with van der Waals surface area (Å²) in [5.41, 5.74) is 2.44. The van der Waals surface area contributed by atoms with Crippen molar-refractivity contribution in [3.63, 3.8) is 0 Å². The molecular weight excluding hydrogens is 222 g/mol. The Kier molecular flexibility index (Phi) is 2.46. The van der Waals surface area contributed by atoms with Gasteiger partial charge >= 0.3 is 0 Å². The van der Waals surface area contributed by atoms with Crippen molar-refractivity contribution < 1.29 is 8.42 Å². The van der Waals surface area contributed by atoms with E-state index >= 15 is 0 Å². The Morgan fingerprint density at radius 3 is 2.44 bits per heavy atom. The molecule has 0 N–H and O–H groups in total. The third kappa shape index (κ3) is 1.69. The number of aryl methyl sites for hydroxylation is 2. The minimum absolute atomic E-state index is 0.390. The lowest BCUT2D eigenvalue weighted by Gasteiger charge is -2.08. The number of fused-ring (bicyclic) bond motifs is 1. The second-order valence-corrected chi connectivity index (χ2v) is 5.97. The summed E-state index contributed by atoms with van der Waals surface area (Å²) in [7, 11) is -3.22. The fourth-order valence-corrected chi connectivity index (χ4v) is 3.14. The first kappa shape index (κ1) is 11.1. The lowest BCUT2D eigenvalue weighted by molar-refractivity contribution is 0.602. The van der Waals surface area contributed by atoms with Crippen molar-refractivity contribution in [1.82, 2.24) is 4.98 Å². The molecule has 0 amide bonds. The molecule has 0 aliphatic carbocycles. The van der Waals surface area contributed by atoms with Gasteiger partial charge in [-0.2, -0.15) is 0 Å². The van der Waals surface area contributed by atoms with E-state index in [1.54, 1.807) is 19.2 Å². The van der Waals surface area contributed by atoms with Gasteiger partial charge in [0.1, 0.15) is 0 Å². The maximum absolute atomic E-state index is 11.8. The Morgan fingerprint density at radius 1 is 1.12 bits per heavy atom. The molecule has 3 nitrogen and oxygen atoms in total. The molecule has 0 saturated heterocycles. The van der Waals surface area contributed by atoms with Crippen LogP contribution < -0.4 is 0 Å².